The molecule has 0 unspecified atom stereocenters. The van der Waals surface area contributed by atoms with Crippen LogP contribution in [0.4, 0.5) is 5.69 Å². The van der Waals surface area contributed by atoms with E-state index in [-0.39, 0.29) is 0 Å². The van der Waals surface area contributed by atoms with Crippen LogP contribution in [0.5, 0.6) is 0 Å². The Labute approximate surface area is 130 Å². The molecule has 19 heavy (non-hydrogen) atoms. The Bertz CT molecular complexity index is 696. The van der Waals surface area contributed by atoms with Gasteiger partial charge in [0.2, 0.25) is 0 Å². The van der Waals surface area contributed by atoms with Gasteiger partial charge >= 0.3 is 0 Å². The predicted molar refractivity (Wildman–Crippen MR) is 86.9 cm³/mol. The number of aryl methyl sites for hydroxylation is 1. The van der Waals surface area contributed by atoms with Gasteiger partial charge in [0.15, 0.2) is 0 Å². The lowest BCUT2D eigenvalue weighted by molar-refractivity contribution is 0.601. The van der Waals surface area contributed by atoms with Gasteiger partial charge in [-0.2, -0.15) is 0 Å². The van der Waals surface area contributed by atoms with Gasteiger partial charge in [0.05, 0.1) is 5.69 Å². The zero-order chi connectivity index (χ0) is 14.0. The summed E-state index contributed by atoms with van der Waals surface area (Å²) in [6.07, 6.45) is 0. The number of benzene rings is 1. The fourth-order valence-electron chi connectivity index (χ4n) is 1.64. The van der Waals surface area contributed by atoms with E-state index >= 15 is 0 Å². The molecule has 3 N–H and O–H groups in total. The van der Waals surface area contributed by atoms with Crippen molar-refractivity contribution in [2.45, 2.75) is 18.4 Å². The molecule has 0 saturated carbocycles. The van der Waals surface area contributed by atoms with E-state index in [4.69, 9.17) is 5.73 Å². The Morgan fingerprint density at radius 1 is 1.37 bits per heavy atom. The number of hydrogen-bond donors (Lipinski definition) is 2. The molecular weight excluding hydrogens is 395 g/mol. The zero-order valence-electron chi connectivity index (χ0n) is 10.2. The summed E-state index contributed by atoms with van der Waals surface area (Å²) in [7, 11) is -3.56. The first-order valence-electron chi connectivity index (χ1n) is 5.51. The van der Waals surface area contributed by atoms with Crippen molar-refractivity contribution in [3.63, 3.8) is 0 Å². The van der Waals surface area contributed by atoms with E-state index in [1.807, 2.05) is 12.1 Å². The van der Waals surface area contributed by atoms with Crippen molar-refractivity contribution in [1.29, 1.82) is 0 Å². The summed E-state index contributed by atoms with van der Waals surface area (Å²) in [5, 5.41) is 0. The Hall–Kier alpha value is -0.640. The molecule has 0 bridgehead atoms. The minimum atomic E-state index is -3.56. The van der Waals surface area contributed by atoms with Crippen LogP contribution in [0, 0.1) is 10.5 Å². The van der Waals surface area contributed by atoms with E-state index in [9.17, 15) is 8.42 Å². The summed E-state index contributed by atoms with van der Waals surface area (Å²) in [4.78, 5) is 1.91. The summed E-state index contributed by atoms with van der Waals surface area (Å²) < 4.78 is 28.2. The largest absolute Gasteiger partial charge is 0.326 e. The van der Waals surface area contributed by atoms with Crippen molar-refractivity contribution >= 4 is 49.6 Å². The molecule has 0 amide bonds. The van der Waals surface area contributed by atoms with Gasteiger partial charge in [-0.1, -0.05) is 12.1 Å². The molecule has 1 aromatic heterocycles. The van der Waals surface area contributed by atoms with Crippen LogP contribution in [0.3, 0.4) is 0 Å². The average molecular weight is 408 g/mol. The minimum Gasteiger partial charge on any atom is -0.326 e. The third-order valence-electron chi connectivity index (χ3n) is 2.53. The Morgan fingerprint density at radius 2 is 2.05 bits per heavy atom. The highest BCUT2D eigenvalue weighted by Crippen LogP contribution is 2.28. The maximum atomic E-state index is 12.4. The van der Waals surface area contributed by atoms with E-state index < -0.39 is 10.0 Å². The van der Waals surface area contributed by atoms with Gasteiger partial charge in [-0.3, -0.25) is 4.72 Å². The molecule has 0 fully saturated rings. The number of anilines is 1. The standard InChI is InChI=1S/C12H13IN2O2S2/c1-8-12(6-9(7-14)18-8)19(16,17)15-11-5-3-2-4-10(11)13/h2-6,15H,7,14H2,1H3. The summed E-state index contributed by atoms with van der Waals surface area (Å²) in [6, 6.07) is 8.89. The molecule has 102 valence electrons. The predicted octanol–water partition coefficient (Wildman–Crippen LogP) is 2.92. The molecule has 2 aromatic rings. The molecule has 0 radical (unpaired) electrons. The van der Waals surface area contributed by atoms with Gasteiger partial charge in [0.1, 0.15) is 4.90 Å². The second-order valence-corrected chi connectivity index (χ2v) is 8.08. The van der Waals surface area contributed by atoms with Crippen molar-refractivity contribution in [2.24, 2.45) is 5.73 Å². The molecule has 1 heterocycles. The molecule has 0 aliphatic carbocycles. The molecule has 0 aliphatic heterocycles. The fourth-order valence-corrected chi connectivity index (χ4v) is 4.94. The molecular formula is C12H13IN2O2S2. The number of para-hydroxylation sites is 1. The van der Waals surface area contributed by atoms with Crippen LogP contribution in [0.15, 0.2) is 35.2 Å². The fraction of sp³-hybridized carbons (Fsp3) is 0.167. The van der Waals surface area contributed by atoms with E-state index in [1.165, 1.54) is 11.3 Å². The molecule has 0 aliphatic rings. The first kappa shape index (κ1) is 14.8. The first-order valence-corrected chi connectivity index (χ1v) is 8.88. The third-order valence-corrected chi connectivity index (χ3v) is 6.17. The van der Waals surface area contributed by atoms with Crippen LogP contribution < -0.4 is 10.5 Å². The number of hydrogen-bond acceptors (Lipinski definition) is 4. The number of halogens is 1. The second-order valence-electron chi connectivity index (χ2n) is 3.92. The van der Waals surface area contributed by atoms with Crippen LogP contribution in [0.25, 0.3) is 0 Å². The van der Waals surface area contributed by atoms with Gasteiger partial charge < -0.3 is 5.73 Å². The van der Waals surface area contributed by atoms with Gasteiger partial charge in [-0.25, -0.2) is 8.42 Å². The first-order chi connectivity index (χ1) is 8.94. The molecule has 4 nitrogen and oxygen atoms in total. The van der Waals surface area contributed by atoms with E-state index in [0.717, 1.165) is 13.3 Å². The summed E-state index contributed by atoms with van der Waals surface area (Å²) >= 11 is 3.51. The van der Waals surface area contributed by atoms with Crippen LogP contribution in [-0.2, 0) is 16.6 Å². The minimum absolute atomic E-state index is 0.303. The molecule has 1 aromatic carbocycles. The Morgan fingerprint density at radius 3 is 2.63 bits per heavy atom. The highest BCUT2D eigenvalue weighted by molar-refractivity contribution is 14.1. The van der Waals surface area contributed by atoms with Crippen molar-refractivity contribution < 1.29 is 8.42 Å². The monoisotopic (exact) mass is 408 g/mol. The second kappa shape index (κ2) is 5.78. The highest BCUT2D eigenvalue weighted by atomic mass is 127. The van der Waals surface area contributed by atoms with Crippen molar-refractivity contribution in [3.05, 3.63) is 43.7 Å². The van der Waals surface area contributed by atoms with Crippen LogP contribution in [-0.4, -0.2) is 8.42 Å². The lowest BCUT2D eigenvalue weighted by atomic mass is 10.3. The van der Waals surface area contributed by atoms with Crippen molar-refractivity contribution in [1.82, 2.24) is 0 Å². The maximum absolute atomic E-state index is 12.4. The van der Waals surface area contributed by atoms with Crippen LogP contribution >= 0.6 is 33.9 Å². The molecule has 0 saturated heterocycles. The SMILES string of the molecule is Cc1sc(CN)cc1S(=O)(=O)Nc1ccccc1I. The number of nitrogens with one attached hydrogen (secondary N) is 1. The van der Waals surface area contributed by atoms with Gasteiger partial charge in [-0.15, -0.1) is 11.3 Å². The van der Waals surface area contributed by atoms with Gasteiger partial charge in [0, 0.05) is 19.9 Å². The smallest absolute Gasteiger partial charge is 0.263 e. The highest BCUT2D eigenvalue weighted by Gasteiger charge is 2.20. The van der Waals surface area contributed by atoms with E-state index in [2.05, 4.69) is 27.3 Å². The van der Waals surface area contributed by atoms with E-state index in [1.54, 1.807) is 25.1 Å². The number of sulfonamides is 1. The molecule has 0 spiro atoms. The molecule has 2 rings (SSSR count). The number of nitrogens with two attached hydrogens (primary N) is 1. The Kier molecular flexibility index (Phi) is 4.49. The van der Waals surface area contributed by atoms with Gasteiger partial charge in [0.25, 0.3) is 10.0 Å². The number of rotatable bonds is 4. The summed E-state index contributed by atoms with van der Waals surface area (Å²) in [5.74, 6) is 0. The lowest BCUT2D eigenvalue weighted by Crippen LogP contribution is -2.14. The van der Waals surface area contributed by atoms with E-state index in [0.29, 0.717) is 17.1 Å². The van der Waals surface area contributed by atoms with Crippen molar-refractivity contribution in [3.8, 4) is 0 Å². The third kappa shape index (κ3) is 3.28. The maximum Gasteiger partial charge on any atom is 0.263 e. The lowest BCUT2D eigenvalue weighted by Gasteiger charge is -2.09. The van der Waals surface area contributed by atoms with Gasteiger partial charge in [-0.05, 0) is 47.7 Å². The quantitative estimate of drug-likeness (QED) is 0.765. The summed E-state index contributed by atoms with van der Waals surface area (Å²) in [6.45, 7) is 2.14. The van der Waals surface area contributed by atoms with Crippen LogP contribution in [0.1, 0.15) is 9.75 Å². The number of thiophene rings is 1. The van der Waals surface area contributed by atoms with Crippen molar-refractivity contribution in [2.75, 3.05) is 4.72 Å². The molecule has 0 atom stereocenters. The van der Waals surface area contributed by atoms with Crippen LogP contribution in [0.2, 0.25) is 0 Å². The molecule has 7 heteroatoms. The average Bonchev–Trinajstić information content (AvgIpc) is 2.74. The normalized spacial score (nSPS) is 11.5. The summed E-state index contributed by atoms with van der Waals surface area (Å²) in [5.41, 5.74) is 6.13. The zero-order valence-corrected chi connectivity index (χ0v) is 14.0. The topological polar surface area (TPSA) is 72.2 Å². The Balaban J connectivity index is 2.38.